The number of nitrogens with one attached hydrogen (secondary N) is 1. The molecule has 1 saturated carbocycles. The second-order valence-electron chi connectivity index (χ2n) is 5.11. The van der Waals surface area contributed by atoms with E-state index in [4.69, 9.17) is 0 Å². The summed E-state index contributed by atoms with van der Waals surface area (Å²) in [5.74, 6) is 0.350. The Morgan fingerprint density at radius 2 is 2.29 bits per heavy atom. The smallest absolute Gasteiger partial charge is 0.155 e. The first-order chi connectivity index (χ1) is 8.34. The molecule has 2 aliphatic rings. The number of carbonyl (C=O) groups excluding carboxylic acids is 1. The minimum Gasteiger partial charge on any atom is -0.307 e. The molecule has 0 spiro atoms. The van der Waals surface area contributed by atoms with Crippen molar-refractivity contribution in [3.63, 3.8) is 0 Å². The van der Waals surface area contributed by atoms with Gasteiger partial charge in [0, 0.05) is 12.2 Å². The van der Waals surface area contributed by atoms with Crippen molar-refractivity contribution in [2.75, 3.05) is 6.54 Å². The van der Waals surface area contributed by atoms with Gasteiger partial charge in [0.25, 0.3) is 0 Å². The molecule has 3 heteroatoms. The van der Waals surface area contributed by atoms with Crippen molar-refractivity contribution < 1.29 is 4.79 Å². The van der Waals surface area contributed by atoms with E-state index < -0.39 is 0 Å². The average molecular weight is 230 g/mol. The molecule has 0 radical (unpaired) electrons. The first-order valence-corrected chi connectivity index (χ1v) is 6.54. The quantitative estimate of drug-likeness (QED) is 0.858. The van der Waals surface area contributed by atoms with Gasteiger partial charge in [-0.2, -0.15) is 0 Å². The van der Waals surface area contributed by atoms with Crippen LogP contribution in [0, 0.1) is 0 Å². The Morgan fingerprint density at radius 3 is 3.12 bits per heavy atom. The van der Waals surface area contributed by atoms with Gasteiger partial charge >= 0.3 is 0 Å². The molecule has 1 unspecified atom stereocenters. The maximum Gasteiger partial charge on any atom is 0.155 e. The number of ketones is 1. The number of rotatable bonds is 4. The highest BCUT2D eigenvalue weighted by atomic mass is 16.1. The van der Waals surface area contributed by atoms with E-state index in [9.17, 15) is 4.79 Å². The maximum absolute atomic E-state index is 12.2. The molecule has 3 nitrogen and oxygen atoms in total. The lowest BCUT2D eigenvalue weighted by Crippen LogP contribution is -2.30. The summed E-state index contributed by atoms with van der Waals surface area (Å²) < 4.78 is 0. The molecule has 0 aromatic carbocycles. The summed E-state index contributed by atoms with van der Waals surface area (Å²) in [4.78, 5) is 16.6. The van der Waals surface area contributed by atoms with Gasteiger partial charge in [-0.25, -0.2) is 0 Å². The summed E-state index contributed by atoms with van der Waals surface area (Å²) in [7, 11) is 0. The van der Waals surface area contributed by atoms with Crippen molar-refractivity contribution >= 4 is 5.78 Å². The molecule has 0 amide bonds. The van der Waals surface area contributed by atoms with E-state index in [0.717, 1.165) is 25.0 Å². The van der Waals surface area contributed by atoms with Gasteiger partial charge < -0.3 is 5.32 Å². The average Bonchev–Trinajstić information content (AvgIpc) is 3.19. The summed E-state index contributed by atoms with van der Waals surface area (Å²) in [6.45, 7) is 0.519. The Balaban J connectivity index is 1.72. The van der Waals surface area contributed by atoms with Gasteiger partial charge in [0.2, 0.25) is 0 Å². The van der Waals surface area contributed by atoms with E-state index in [1.807, 2.05) is 6.07 Å². The monoisotopic (exact) mass is 230 g/mol. The molecular weight excluding hydrogens is 212 g/mol. The molecule has 0 saturated heterocycles. The summed E-state index contributed by atoms with van der Waals surface area (Å²) in [5.41, 5.74) is 2.30. The van der Waals surface area contributed by atoms with E-state index in [-0.39, 0.29) is 5.92 Å². The number of fused-ring (bicyclic) bond motifs is 1. The minimum atomic E-state index is 0.0335. The number of carbonyl (C=O) groups is 1. The van der Waals surface area contributed by atoms with Crippen LogP contribution in [-0.2, 0) is 11.2 Å². The van der Waals surface area contributed by atoms with Crippen LogP contribution in [0.2, 0.25) is 0 Å². The molecule has 2 aliphatic carbocycles. The van der Waals surface area contributed by atoms with Gasteiger partial charge in [-0.3, -0.25) is 9.78 Å². The maximum atomic E-state index is 12.2. The fourth-order valence-electron chi connectivity index (χ4n) is 2.58. The van der Waals surface area contributed by atoms with Gasteiger partial charge in [-0.1, -0.05) is 6.07 Å². The van der Waals surface area contributed by atoms with E-state index in [2.05, 4.69) is 16.4 Å². The van der Waals surface area contributed by atoms with E-state index in [1.54, 1.807) is 6.20 Å². The van der Waals surface area contributed by atoms with Crippen LogP contribution in [0.25, 0.3) is 0 Å². The first kappa shape index (κ1) is 10.9. The standard InChI is InChI=1S/C14H18N2O/c17-13(9-16-11-6-7-11)12-5-1-3-10-4-2-8-15-14(10)12/h2,4,8,11-12,16H,1,3,5-7,9H2. The third kappa shape index (κ3) is 2.39. The molecule has 1 N–H and O–H groups in total. The Bertz CT molecular complexity index is 426. The molecule has 0 bridgehead atoms. The third-order valence-electron chi connectivity index (χ3n) is 3.73. The predicted molar refractivity (Wildman–Crippen MR) is 65.9 cm³/mol. The summed E-state index contributed by atoms with van der Waals surface area (Å²) in [6.07, 6.45) is 7.41. The topological polar surface area (TPSA) is 42.0 Å². The van der Waals surface area contributed by atoms with E-state index >= 15 is 0 Å². The Hall–Kier alpha value is -1.22. The van der Waals surface area contributed by atoms with Crippen LogP contribution in [0.3, 0.4) is 0 Å². The molecule has 3 rings (SSSR count). The van der Waals surface area contributed by atoms with E-state index in [1.165, 1.54) is 18.4 Å². The van der Waals surface area contributed by atoms with Gasteiger partial charge in [-0.05, 0) is 43.7 Å². The van der Waals surface area contributed by atoms with Crippen molar-refractivity contribution in [3.05, 3.63) is 29.6 Å². The number of aryl methyl sites for hydroxylation is 1. The second-order valence-corrected chi connectivity index (χ2v) is 5.11. The molecule has 1 fully saturated rings. The number of hydrogen-bond donors (Lipinski definition) is 1. The third-order valence-corrected chi connectivity index (χ3v) is 3.73. The Labute approximate surface area is 102 Å². The van der Waals surface area contributed by atoms with Gasteiger partial charge in [-0.15, -0.1) is 0 Å². The number of pyridine rings is 1. The van der Waals surface area contributed by atoms with Crippen LogP contribution in [0.5, 0.6) is 0 Å². The molecule has 1 aromatic rings. The molecule has 1 heterocycles. The van der Waals surface area contributed by atoms with Crippen LogP contribution in [-0.4, -0.2) is 23.4 Å². The summed E-state index contributed by atoms with van der Waals surface area (Å²) in [6, 6.07) is 4.68. The fourth-order valence-corrected chi connectivity index (χ4v) is 2.58. The molecule has 0 aliphatic heterocycles. The lowest BCUT2D eigenvalue weighted by molar-refractivity contribution is -0.120. The highest BCUT2D eigenvalue weighted by Gasteiger charge is 2.29. The van der Waals surface area contributed by atoms with Gasteiger partial charge in [0.1, 0.15) is 0 Å². The fraction of sp³-hybridized carbons (Fsp3) is 0.571. The lowest BCUT2D eigenvalue weighted by Gasteiger charge is -2.23. The molecule has 90 valence electrons. The number of Topliss-reactive ketones (excluding diaryl/α,β-unsaturated/α-hetero) is 1. The summed E-state index contributed by atoms with van der Waals surface area (Å²) >= 11 is 0. The number of nitrogens with zero attached hydrogens (tertiary/aromatic N) is 1. The molecule has 1 atom stereocenters. The van der Waals surface area contributed by atoms with Crippen molar-refractivity contribution in [2.24, 2.45) is 0 Å². The normalized spacial score (nSPS) is 23.2. The highest BCUT2D eigenvalue weighted by Crippen LogP contribution is 2.30. The predicted octanol–water partition coefficient (Wildman–Crippen LogP) is 1.82. The number of aromatic nitrogens is 1. The van der Waals surface area contributed by atoms with Gasteiger partial charge in [0.05, 0.1) is 18.2 Å². The first-order valence-electron chi connectivity index (χ1n) is 6.54. The summed E-state index contributed by atoms with van der Waals surface area (Å²) in [5, 5.41) is 3.31. The van der Waals surface area contributed by atoms with Crippen LogP contribution < -0.4 is 5.32 Å². The zero-order chi connectivity index (χ0) is 11.7. The lowest BCUT2D eigenvalue weighted by atomic mass is 9.84. The van der Waals surface area contributed by atoms with Crippen LogP contribution in [0.15, 0.2) is 18.3 Å². The van der Waals surface area contributed by atoms with Crippen molar-refractivity contribution in [2.45, 2.75) is 44.1 Å². The highest BCUT2D eigenvalue weighted by molar-refractivity contribution is 5.87. The Kier molecular flexibility index (Phi) is 2.93. The largest absolute Gasteiger partial charge is 0.307 e. The Morgan fingerprint density at radius 1 is 1.41 bits per heavy atom. The number of hydrogen-bond acceptors (Lipinski definition) is 3. The van der Waals surface area contributed by atoms with Crippen molar-refractivity contribution in [1.82, 2.24) is 10.3 Å². The SMILES string of the molecule is O=C(CNC1CC1)C1CCCc2cccnc21. The molecule has 17 heavy (non-hydrogen) atoms. The van der Waals surface area contributed by atoms with Crippen molar-refractivity contribution in [3.8, 4) is 0 Å². The van der Waals surface area contributed by atoms with Gasteiger partial charge in [0.15, 0.2) is 5.78 Å². The zero-order valence-corrected chi connectivity index (χ0v) is 9.98. The van der Waals surface area contributed by atoms with Crippen molar-refractivity contribution in [1.29, 1.82) is 0 Å². The van der Waals surface area contributed by atoms with Crippen LogP contribution in [0.1, 0.15) is 42.9 Å². The minimum absolute atomic E-state index is 0.0335. The molecular formula is C14H18N2O. The van der Waals surface area contributed by atoms with Crippen LogP contribution >= 0.6 is 0 Å². The second kappa shape index (κ2) is 4.57. The zero-order valence-electron chi connectivity index (χ0n) is 9.98. The molecule has 1 aromatic heterocycles. The van der Waals surface area contributed by atoms with Crippen LogP contribution in [0.4, 0.5) is 0 Å². The van der Waals surface area contributed by atoms with E-state index in [0.29, 0.717) is 18.4 Å².